The fraction of sp³-hybridized carbons (Fsp3) is 0.444. The maximum Gasteiger partial charge on any atom is 0.371 e. The molecule has 0 fully saturated rings. The summed E-state index contributed by atoms with van der Waals surface area (Å²) in [6.07, 6.45) is 2.04. The van der Waals surface area contributed by atoms with E-state index in [-0.39, 0.29) is 5.95 Å². The first-order valence-electron chi connectivity index (χ1n) is 4.03. The Morgan fingerprint density at radius 1 is 1.69 bits per heavy atom. The second kappa shape index (κ2) is 3.50. The molecule has 13 heavy (non-hydrogen) atoms. The molecule has 68 valence electrons. The third-order valence-corrected chi connectivity index (χ3v) is 1.98. The number of hydrogen-bond acceptors (Lipinski definition) is 3. The summed E-state index contributed by atoms with van der Waals surface area (Å²) in [7, 11) is 0. The van der Waals surface area contributed by atoms with Crippen LogP contribution in [-0.4, -0.2) is 15.1 Å². The first-order chi connectivity index (χ1) is 6.10. The van der Waals surface area contributed by atoms with Crippen molar-refractivity contribution in [2.45, 2.75) is 25.9 Å². The van der Waals surface area contributed by atoms with E-state index in [4.69, 9.17) is 6.57 Å². The van der Waals surface area contributed by atoms with Crippen molar-refractivity contribution < 1.29 is 5.11 Å². The van der Waals surface area contributed by atoms with Crippen LogP contribution >= 0.6 is 0 Å². The van der Waals surface area contributed by atoms with E-state index in [0.717, 1.165) is 0 Å². The number of aromatic nitrogens is 2. The Hall–Kier alpha value is -1.47. The smallest absolute Gasteiger partial charge is 0.371 e. The standard InChI is InChI=1S/C9H11N3O/c1-4-9(2,13)7-5-6-11-8(10-3)12-7/h5-6,13H,4H2,1-2H3. The summed E-state index contributed by atoms with van der Waals surface area (Å²) < 4.78 is 0. The van der Waals surface area contributed by atoms with Crippen LogP contribution in [0, 0.1) is 6.57 Å². The Kier molecular flexibility index (Phi) is 2.59. The van der Waals surface area contributed by atoms with Gasteiger partial charge in [0.1, 0.15) is 11.3 Å². The fourth-order valence-corrected chi connectivity index (χ4v) is 0.883. The summed E-state index contributed by atoms with van der Waals surface area (Å²) in [5, 5.41) is 9.82. The lowest BCUT2D eigenvalue weighted by Gasteiger charge is -2.17. The van der Waals surface area contributed by atoms with E-state index in [9.17, 15) is 5.11 Å². The summed E-state index contributed by atoms with van der Waals surface area (Å²) in [4.78, 5) is 10.7. The predicted octanol–water partition coefficient (Wildman–Crippen LogP) is 1.64. The van der Waals surface area contributed by atoms with Gasteiger partial charge in [-0.15, -0.1) is 6.57 Å². The maximum absolute atomic E-state index is 9.82. The minimum absolute atomic E-state index is 0.0752. The van der Waals surface area contributed by atoms with E-state index in [1.807, 2.05) is 6.92 Å². The molecule has 0 spiro atoms. The summed E-state index contributed by atoms with van der Waals surface area (Å²) in [5.41, 5.74) is -0.474. The van der Waals surface area contributed by atoms with E-state index in [1.165, 1.54) is 6.20 Å². The first kappa shape index (κ1) is 9.62. The number of hydrogen-bond donors (Lipinski definition) is 1. The molecule has 1 heterocycles. The van der Waals surface area contributed by atoms with Crippen LogP contribution < -0.4 is 0 Å². The highest BCUT2D eigenvalue weighted by Gasteiger charge is 2.24. The third-order valence-electron chi connectivity index (χ3n) is 1.98. The predicted molar refractivity (Wildman–Crippen MR) is 48.2 cm³/mol. The summed E-state index contributed by atoms with van der Waals surface area (Å²) in [6.45, 7) is 10.3. The average Bonchev–Trinajstić information content (AvgIpc) is 2.18. The van der Waals surface area contributed by atoms with Crippen LogP contribution in [0.25, 0.3) is 4.85 Å². The van der Waals surface area contributed by atoms with E-state index in [0.29, 0.717) is 12.1 Å². The average molecular weight is 177 g/mol. The second-order valence-corrected chi connectivity index (χ2v) is 2.98. The van der Waals surface area contributed by atoms with Gasteiger partial charge in [0.25, 0.3) is 0 Å². The minimum Gasteiger partial charge on any atom is -0.394 e. The summed E-state index contributed by atoms with van der Waals surface area (Å²) in [5.74, 6) is 0.0752. The molecule has 4 heteroatoms. The lowest BCUT2D eigenvalue weighted by molar-refractivity contribution is 0.0486. The van der Waals surface area contributed by atoms with Gasteiger partial charge in [0.15, 0.2) is 0 Å². The summed E-state index contributed by atoms with van der Waals surface area (Å²) in [6, 6.07) is 1.62. The van der Waals surface area contributed by atoms with Crippen LogP contribution in [0.5, 0.6) is 0 Å². The van der Waals surface area contributed by atoms with Crippen molar-refractivity contribution in [3.63, 3.8) is 0 Å². The molecule has 1 aromatic heterocycles. The molecule has 0 radical (unpaired) electrons. The minimum atomic E-state index is -0.970. The van der Waals surface area contributed by atoms with Gasteiger partial charge in [0, 0.05) is 6.07 Å². The fourth-order valence-electron chi connectivity index (χ4n) is 0.883. The lowest BCUT2D eigenvalue weighted by Crippen LogP contribution is -2.21. The van der Waals surface area contributed by atoms with Crippen molar-refractivity contribution in [3.05, 3.63) is 29.4 Å². The summed E-state index contributed by atoms with van der Waals surface area (Å²) >= 11 is 0. The Morgan fingerprint density at radius 3 is 2.92 bits per heavy atom. The number of rotatable bonds is 2. The van der Waals surface area contributed by atoms with E-state index >= 15 is 0 Å². The lowest BCUT2D eigenvalue weighted by atomic mass is 9.99. The molecule has 1 N–H and O–H groups in total. The van der Waals surface area contributed by atoms with Gasteiger partial charge in [-0.2, -0.15) is 9.97 Å². The van der Waals surface area contributed by atoms with Crippen molar-refractivity contribution >= 4 is 5.95 Å². The third kappa shape index (κ3) is 2.01. The van der Waals surface area contributed by atoms with Crippen molar-refractivity contribution in [2.75, 3.05) is 0 Å². The molecule has 0 aliphatic carbocycles. The molecule has 1 aromatic rings. The van der Waals surface area contributed by atoms with E-state index in [2.05, 4.69) is 14.8 Å². The maximum atomic E-state index is 9.82. The normalized spacial score (nSPS) is 14.6. The molecular formula is C9H11N3O. The first-order valence-corrected chi connectivity index (χ1v) is 4.03. The Labute approximate surface area is 77.1 Å². The Bertz CT molecular complexity index is 341. The van der Waals surface area contributed by atoms with Gasteiger partial charge in [0.2, 0.25) is 0 Å². The number of nitrogens with zero attached hydrogens (tertiary/aromatic N) is 3. The molecule has 0 saturated carbocycles. The van der Waals surface area contributed by atoms with Gasteiger partial charge < -0.3 is 9.95 Å². The van der Waals surface area contributed by atoms with Gasteiger partial charge in [0.05, 0.1) is 6.20 Å². The van der Waals surface area contributed by atoms with Gasteiger partial charge >= 0.3 is 5.95 Å². The Balaban J connectivity index is 3.10. The van der Waals surface area contributed by atoms with Crippen LogP contribution in [0.3, 0.4) is 0 Å². The second-order valence-electron chi connectivity index (χ2n) is 2.98. The van der Waals surface area contributed by atoms with Gasteiger partial charge in [-0.3, -0.25) is 0 Å². The quantitative estimate of drug-likeness (QED) is 0.699. The molecular weight excluding hydrogens is 166 g/mol. The van der Waals surface area contributed by atoms with E-state index < -0.39 is 5.60 Å². The van der Waals surface area contributed by atoms with Crippen LogP contribution in [0.4, 0.5) is 5.95 Å². The highest BCUT2D eigenvalue weighted by Crippen LogP contribution is 2.22. The van der Waals surface area contributed by atoms with Crippen molar-refractivity contribution in [3.8, 4) is 0 Å². The van der Waals surface area contributed by atoms with Crippen LogP contribution in [0.1, 0.15) is 26.0 Å². The molecule has 1 unspecified atom stereocenters. The van der Waals surface area contributed by atoms with Crippen molar-refractivity contribution in [1.82, 2.24) is 9.97 Å². The molecule has 1 atom stereocenters. The molecule has 0 amide bonds. The van der Waals surface area contributed by atoms with Crippen molar-refractivity contribution in [1.29, 1.82) is 0 Å². The molecule has 0 bridgehead atoms. The molecule has 0 aliphatic rings. The van der Waals surface area contributed by atoms with E-state index in [1.54, 1.807) is 13.0 Å². The van der Waals surface area contributed by atoms with Gasteiger partial charge in [-0.25, -0.2) is 0 Å². The highest BCUT2D eigenvalue weighted by atomic mass is 16.3. The molecule has 0 aromatic carbocycles. The topological polar surface area (TPSA) is 50.4 Å². The Morgan fingerprint density at radius 2 is 2.38 bits per heavy atom. The SMILES string of the molecule is [C-]#[N+]c1nccc(C(C)(O)CC)n1. The zero-order valence-electron chi connectivity index (χ0n) is 7.65. The van der Waals surface area contributed by atoms with Gasteiger partial charge in [-0.1, -0.05) is 6.92 Å². The van der Waals surface area contributed by atoms with Crippen LogP contribution in [0.2, 0.25) is 0 Å². The van der Waals surface area contributed by atoms with Crippen LogP contribution in [-0.2, 0) is 5.60 Å². The highest BCUT2D eigenvalue weighted by molar-refractivity contribution is 5.27. The molecule has 0 saturated heterocycles. The van der Waals surface area contributed by atoms with Crippen molar-refractivity contribution in [2.24, 2.45) is 0 Å². The molecule has 4 nitrogen and oxygen atoms in total. The van der Waals surface area contributed by atoms with Gasteiger partial charge in [-0.05, 0) is 13.3 Å². The zero-order chi connectivity index (χ0) is 9.90. The molecule has 0 aliphatic heterocycles. The molecule has 1 rings (SSSR count). The van der Waals surface area contributed by atoms with Crippen LogP contribution in [0.15, 0.2) is 12.3 Å². The largest absolute Gasteiger partial charge is 0.394 e. The zero-order valence-corrected chi connectivity index (χ0v) is 7.65. The monoisotopic (exact) mass is 177 g/mol. The number of aliphatic hydroxyl groups is 1.